The van der Waals surface area contributed by atoms with Crippen molar-refractivity contribution in [2.24, 2.45) is 0 Å². The third-order valence-corrected chi connectivity index (χ3v) is 6.09. The second-order valence-corrected chi connectivity index (χ2v) is 8.51. The molecule has 0 aliphatic carbocycles. The minimum absolute atomic E-state index is 0.0313. The van der Waals surface area contributed by atoms with Gasteiger partial charge in [-0.25, -0.2) is 0 Å². The zero-order chi connectivity index (χ0) is 22.6. The molecule has 32 heavy (non-hydrogen) atoms. The zero-order valence-electron chi connectivity index (χ0n) is 17.5. The van der Waals surface area contributed by atoms with E-state index < -0.39 is 17.7 Å². The van der Waals surface area contributed by atoms with E-state index in [-0.39, 0.29) is 17.4 Å². The number of hydrogen-bond acceptors (Lipinski definition) is 5. The monoisotopic (exact) mass is 449 g/mol. The van der Waals surface area contributed by atoms with Gasteiger partial charge in [0.2, 0.25) is 0 Å². The molecule has 3 aromatic rings. The number of carbonyl (C=O) groups is 2. The maximum absolute atomic E-state index is 13.2. The van der Waals surface area contributed by atoms with Crippen LogP contribution in [0.5, 0.6) is 5.75 Å². The number of fused-ring (bicyclic) bond motifs is 1. The number of halogens is 1. The molecule has 162 valence electrons. The maximum Gasteiger partial charge on any atom is 0.300 e. The van der Waals surface area contributed by atoms with Crippen molar-refractivity contribution in [1.82, 2.24) is 0 Å². The Morgan fingerprint density at radius 3 is 2.72 bits per heavy atom. The first-order valence-corrected chi connectivity index (χ1v) is 10.6. The lowest BCUT2D eigenvalue weighted by molar-refractivity contribution is -0.132. The fraction of sp³-hybridized carbons (Fsp3) is 0.200. The van der Waals surface area contributed by atoms with Crippen LogP contribution in [0.25, 0.3) is 5.76 Å². The molecule has 1 N–H and O–H groups in total. The van der Waals surface area contributed by atoms with E-state index >= 15 is 0 Å². The summed E-state index contributed by atoms with van der Waals surface area (Å²) in [5, 5.41) is 11.7. The van der Waals surface area contributed by atoms with E-state index in [2.05, 4.69) is 0 Å². The van der Waals surface area contributed by atoms with E-state index in [0.29, 0.717) is 28.5 Å². The number of nitrogens with zero attached hydrogens (tertiary/aromatic N) is 1. The summed E-state index contributed by atoms with van der Waals surface area (Å²) in [5.41, 5.74) is 2.60. The lowest BCUT2D eigenvalue weighted by Crippen LogP contribution is -2.30. The van der Waals surface area contributed by atoms with E-state index in [1.165, 1.54) is 11.2 Å². The van der Waals surface area contributed by atoms with E-state index in [9.17, 15) is 14.7 Å². The molecule has 0 saturated carbocycles. The summed E-state index contributed by atoms with van der Waals surface area (Å²) in [6.07, 6.45) is 2.21. The van der Waals surface area contributed by atoms with Crippen molar-refractivity contribution in [3.8, 4) is 5.75 Å². The molecule has 3 heterocycles. The largest absolute Gasteiger partial charge is 0.507 e. The van der Waals surface area contributed by atoms with E-state index in [1.807, 2.05) is 13.8 Å². The number of aliphatic hydroxyl groups is 1. The second kappa shape index (κ2) is 7.57. The van der Waals surface area contributed by atoms with Crippen molar-refractivity contribution in [1.29, 1.82) is 0 Å². The number of ketones is 1. The third-order valence-electron chi connectivity index (χ3n) is 5.86. The predicted octanol–water partition coefficient (Wildman–Crippen LogP) is 5.19. The van der Waals surface area contributed by atoms with Gasteiger partial charge in [-0.1, -0.05) is 17.7 Å². The summed E-state index contributed by atoms with van der Waals surface area (Å²) < 4.78 is 11.3. The van der Waals surface area contributed by atoms with Gasteiger partial charge in [0, 0.05) is 22.7 Å². The van der Waals surface area contributed by atoms with Crippen LogP contribution in [0.2, 0.25) is 5.02 Å². The highest BCUT2D eigenvalue weighted by atomic mass is 35.5. The first-order chi connectivity index (χ1) is 15.3. The van der Waals surface area contributed by atoms with Crippen molar-refractivity contribution in [3.05, 3.63) is 87.8 Å². The Balaban J connectivity index is 1.69. The van der Waals surface area contributed by atoms with Crippen LogP contribution in [0.4, 0.5) is 5.69 Å². The Morgan fingerprint density at radius 1 is 1.16 bits per heavy atom. The Kier molecular flexibility index (Phi) is 4.82. The number of Topliss-reactive ketones (excluding diaryl/α,β-unsaturated/α-hetero) is 1. The normalized spacial score (nSPS) is 21.7. The SMILES string of the molecule is Cc1ccc(Cl)cc1N1C(=O)C(=O)/C(=C(\O)c2ccc3c(c2)CC(C)O3)C1c1ccco1. The van der Waals surface area contributed by atoms with Gasteiger partial charge < -0.3 is 14.3 Å². The molecule has 2 unspecified atom stereocenters. The summed E-state index contributed by atoms with van der Waals surface area (Å²) in [4.78, 5) is 27.7. The van der Waals surface area contributed by atoms with Crippen LogP contribution in [0, 0.1) is 6.92 Å². The molecule has 0 radical (unpaired) electrons. The van der Waals surface area contributed by atoms with Crippen molar-refractivity contribution >= 4 is 34.7 Å². The lowest BCUT2D eigenvalue weighted by Gasteiger charge is -2.25. The highest BCUT2D eigenvalue weighted by Gasteiger charge is 2.48. The van der Waals surface area contributed by atoms with Crippen LogP contribution in [0.15, 0.2) is 64.8 Å². The van der Waals surface area contributed by atoms with Gasteiger partial charge in [-0.2, -0.15) is 0 Å². The van der Waals surface area contributed by atoms with Crippen LogP contribution in [-0.4, -0.2) is 22.9 Å². The average molecular weight is 450 g/mol. The van der Waals surface area contributed by atoms with Crippen molar-refractivity contribution in [2.45, 2.75) is 32.4 Å². The van der Waals surface area contributed by atoms with Gasteiger partial charge in [0.05, 0.1) is 11.8 Å². The van der Waals surface area contributed by atoms with Gasteiger partial charge in [-0.05, 0) is 67.4 Å². The van der Waals surface area contributed by atoms with E-state index in [0.717, 1.165) is 16.9 Å². The highest BCUT2D eigenvalue weighted by Crippen LogP contribution is 2.44. The van der Waals surface area contributed by atoms with Crippen molar-refractivity contribution < 1.29 is 23.8 Å². The first-order valence-electron chi connectivity index (χ1n) is 10.3. The summed E-state index contributed by atoms with van der Waals surface area (Å²) in [5.74, 6) is -0.672. The molecule has 2 atom stereocenters. The number of aryl methyl sites for hydroxylation is 1. The molecular formula is C25H20ClNO5. The van der Waals surface area contributed by atoms with Gasteiger partial charge in [0.25, 0.3) is 11.7 Å². The number of ether oxygens (including phenoxy) is 1. The highest BCUT2D eigenvalue weighted by molar-refractivity contribution is 6.51. The number of anilines is 1. The lowest BCUT2D eigenvalue weighted by atomic mass is 9.97. The average Bonchev–Trinajstić information content (AvgIpc) is 3.47. The first kappa shape index (κ1) is 20.4. The molecule has 7 heteroatoms. The van der Waals surface area contributed by atoms with Gasteiger partial charge in [-0.3, -0.25) is 14.5 Å². The molecule has 1 saturated heterocycles. The van der Waals surface area contributed by atoms with Crippen molar-refractivity contribution in [3.63, 3.8) is 0 Å². The van der Waals surface area contributed by atoms with Gasteiger partial charge in [0.1, 0.15) is 29.4 Å². The molecule has 0 spiro atoms. The van der Waals surface area contributed by atoms with Gasteiger partial charge >= 0.3 is 0 Å². The number of amides is 1. The molecule has 6 nitrogen and oxygen atoms in total. The van der Waals surface area contributed by atoms with Gasteiger partial charge in [0.15, 0.2) is 0 Å². The Hall–Kier alpha value is -3.51. The summed E-state index contributed by atoms with van der Waals surface area (Å²) in [6, 6.07) is 12.8. The molecule has 0 bridgehead atoms. The fourth-order valence-corrected chi connectivity index (χ4v) is 4.53. The molecule has 2 aliphatic rings. The summed E-state index contributed by atoms with van der Waals surface area (Å²) >= 11 is 6.19. The van der Waals surface area contributed by atoms with E-state index in [4.69, 9.17) is 20.8 Å². The molecule has 2 aromatic carbocycles. The Morgan fingerprint density at radius 2 is 1.97 bits per heavy atom. The standard InChI is InChI=1S/C25H20ClNO5/c1-13-5-7-17(26)12-18(13)27-22(20-4-3-9-31-20)21(24(29)25(27)30)23(28)15-6-8-19-16(11-15)10-14(2)32-19/h3-9,11-12,14,22,28H,10H2,1-2H3/b23-21-. The summed E-state index contributed by atoms with van der Waals surface area (Å²) in [6.45, 7) is 3.79. The molecule has 1 amide bonds. The number of rotatable bonds is 3. The number of carbonyl (C=O) groups excluding carboxylic acids is 2. The second-order valence-electron chi connectivity index (χ2n) is 8.07. The minimum Gasteiger partial charge on any atom is -0.507 e. The maximum atomic E-state index is 13.2. The molecule has 1 fully saturated rings. The predicted molar refractivity (Wildman–Crippen MR) is 120 cm³/mol. The van der Waals surface area contributed by atoms with Crippen LogP contribution < -0.4 is 9.64 Å². The quantitative estimate of drug-likeness (QED) is 0.338. The molecule has 5 rings (SSSR count). The van der Waals surface area contributed by atoms with Crippen LogP contribution in [-0.2, 0) is 16.0 Å². The number of hydrogen-bond donors (Lipinski definition) is 1. The van der Waals surface area contributed by atoms with Crippen LogP contribution in [0.1, 0.15) is 35.4 Å². The molecule has 2 aliphatic heterocycles. The topological polar surface area (TPSA) is 80.0 Å². The van der Waals surface area contributed by atoms with Gasteiger partial charge in [-0.15, -0.1) is 0 Å². The minimum atomic E-state index is -0.925. The van der Waals surface area contributed by atoms with Crippen LogP contribution >= 0.6 is 11.6 Å². The van der Waals surface area contributed by atoms with E-state index in [1.54, 1.807) is 48.5 Å². The Labute approximate surface area is 189 Å². The zero-order valence-corrected chi connectivity index (χ0v) is 18.2. The number of benzene rings is 2. The third kappa shape index (κ3) is 3.19. The van der Waals surface area contributed by atoms with Crippen molar-refractivity contribution in [2.75, 3.05) is 4.90 Å². The molecular weight excluding hydrogens is 430 g/mol. The Bertz CT molecular complexity index is 1280. The number of furan rings is 1. The smallest absolute Gasteiger partial charge is 0.300 e. The number of aliphatic hydroxyl groups excluding tert-OH is 1. The van der Waals surface area contributed by atoms with Crippen LogP contribution in [0.3, 0.4) is 0 Å². The molecule has 1 aromatic heterocycles. The fourth-order valence-electron chi connectivity index (χ4n) is 4.36. The summed E-state index contributed by atoms with van der Waals surface area (Å²) in [7, 11) is 0.